The zero-order chi connectivity index (χ0) is 25.4. The summed E-state index contributed by atoms with van der Waals surface area (Å²) < 4.78 is 26.9. The summed E-state index contributed by atoms with van der Waals surface area (Å²) in [5.74, 6) is -0.326. The number of hydrogen-bond acceptors (Lipinski definition) is 4. The van der Waals surface area contributed by atoms with E-state index >= 15 is 0 Å². The average Bonchev–Trinajstić information content (AvgIpc) is 3.33. The van der Waals surface area contributed by atoms with Crippen LogP contribution in [0.2, 0.25) is 0 Å². The Bertz CT molecular complexity index is 1090. The largest absolute Gasteiger partial charge is 0.352 e. The molecular weight excluding hydrogens is 530 g/mol. The van der Waals surface area contributed by atoms with E-state index in [1.54, 1.807) is 36.1 Å². The van der Waals surface area contributed by atoms with Gasteiger partial charge in [0.25, 0.3) is 0 Å². The summed E-state index contributed by atoms with van der Waals surface area (Å²) in [4.78, 5) is 27.9. The second kappa shape index (κ2) is 12.5. The van der Waals surface area contributed by atoms with Gasteiger partial charge < -0.3 is 10.2 Å². The molecule has 2 amide bonds. The van der Waals surface area contributed by atoms with Gasteiger partial charge in [-0.05, 0) is 56.0 Å². The van der Waals surface area contributed by atoms with Crippen molar-refractivity contribution in [1.82, 2.24) is 10.2 Å². The van der Waals surface area contributed by atoms with E-state index in [2.05, 4.69) is 21.2 Å². The van der Waals surface area contributed by atoms with E-state index in [1.165, 1.54) is 4.31 Å². The van der Waals surface area contributed by atoms with Crippen LogP contribution in [-0.4, -0.2) is 50.0 Å². The van der Waals surface area contributed by atoms with E-state index in [1.807, 2.05) is 30.3 Å². The fraction of sp³-hybridized carbons (Fsp3) is 0.462. The van der Waals surface area contributed by atoms with E-state index in [9.17, 15) is 18.0 Å². The number of amides is 2. The second-order valence-corrected chi connectivity index (χ2v) is 11.9. The van der Waals surface area contributed by atoms with Crippen LogP contribution in [0.1, 0.15) is 51.0 Å². The fourth-order valence-electron chi connectivity index (χ4n) is 4.36. The monoisotopic (exact) mass is 563 g/mol. The lowest BCUT2D eigenvalue weighted by Gasteiger charge is -2.30. The lowest BCUT2D eigenvalue weighted by molar-refractivity contribution is -0.141. The minimum atomic E-state index is -3.49. The number of benzene rings is 2. The highest BCUT2D eigenvalue weighted by molar-refractivity contribution is 9.10. The van der Waals surface area contributed by atoms with Crippen LogP contribution >= 0.6 is 15.9 Å². The third kappa shape index (κ3) is 8.07. The molecule has 190 valence electrons. The van der Waals surface area contributed by atoms with Gasteiger partial charge in [-0.15, -0.1) is 0 Å². The minimum Gasteiger partial charge on any atom is -0.352 e. The van der Waals surface area contributed by atoms with Crippen LogP contribution in [0.15, 0.2) is 59.1 Å². The van der Waals surface area contributed by atoms with Crippen LogP contribution in [0.4, 0.5) is 5.69 Å². The van der Waals surface area contributed by atoms with Crippen LogP contribution in [0, 0.1) is 0 Å². The first kappa shape index (κ1) is 27.2. The van der Waals surface area contributed by atoms with Crippen molar-refractivity contribution in [2.45, 2.75) is 64.1 Å². The third-order valence-electron chi connectivity index (χ3n) is 6.33. The quantitative estimate of drug-likeness (QED) is 0.437. The Hall–Kier alpha value is -2.39. The molecule has 0 aliphatic heterocycles. The lowest BCUT2D eigenvalue weighted by Crippen LogP contribution is -2.49. The van der Waals surface area contributed by atoms with Gasteiger partial charge in [0, 0.05) is 30.0 Å². The van der Waals surface area contributed by atoms with Gasteiger partial charge in [-0.1, -0.05) is 59.1 Å². The molecule has 1 saturated carbocycles. The number of rotatable bonds is 11. The molecule has 1 atom stereocenters. The molecule has 1 fully saturated rings. The number of nitrogens with zero attached hydrogens (tertiary/aromatic N) is 2. The number of carbonyl (C=O) groups excluding carboxylic acids is 2. The molecule has 3 rings (SSSR count). The van der Waals surface area contributed by atoms with Crippen LogP contribution in [0.3, 0.4) is 0 Å². The molecule has 1 N–H and O–H groups in total. The van der Waals surface area contributed by atoms with Gasteiger partial charge in [0.1, 0.15) is 6.04 Å². The van der Waals surface area contributed by atoms with Crippen LogP contribution < -0.4 is 9.62 Å². The molecule has 0 spiro atoms. The number of halogens is 1. The molecule has 1 aliphatic carbocycles. The molecule has 9 heteroatoms. The number of para-hydroxylation sites is 1. The predicted octanol–water partition coefficient (Wildman–Crippen LogP) is 4.47. The van der Waals surface area contributed by atoms with E-state index in [-0.39, 0.29) is 30.8 Å². The third-order valence-corrected chi connectivity index (χ3v) is 8.05. The maximum absolute atomic E-state index is 13.3. The zero-order valence-corrected chi connectivity index (χ0v) is 22.7. The van der Waals surface area contributed by atoms with Gasteiger partial charge in [0.15, 0.2) is 0 Å². The molecular formula is C26H34BrN3O4S. The number of carbonyl (C=O) groups is 2. The Labute approximate surface area is 217 Å². The Morgan fingerprint density at radius 3 is 2.29 bits per heavy atom. The molecule has 7 nitrogen and oxygen atoms in total. The van der Waals surface area contributed by atoms with Crippen molar-refractivity contribution in [3.8, 4) is 0 Å². The summed E-state index contributed by atoms with van der Waals surface area (Å²) in [6, 6.07) is 16.1. The van der Waals surface area contributed by atoms with Gasteiger partial charge in [0.2, 0.25) is 21.8 Å². The molecule has 0 heterocycles. The van der Waals surface area contributed by atoms with E-state index in [0.29, 0.717) is 18.7 Å². The summed E-state index contributed by atoms with van der Waals surface area (Å²) >= 11 is 3.43. The number of hydrogen-bond donors (Lipinski definition) is 1. The fourth-order valence-corrected chi connectivity index (χ4v) is 5.59. The van der Waals surface area contributed by atoms with Gasteiger partial charge in [-0.3, -0.25) is 13.9 Å². The van der Waals surface area contributed by atoms with Crippen molar-refractivity contribution in [3.05, 3.63) is 64.6 Å². The molecule has 2 aromatic rings. The van der Waals surface area contributed by atoms with Gasteiger partial charge in [-0.2, -0.15) is 0 Å². The topological polar surface area (TPSA) is 86.8 Å². The Kier molecular flexibility index (Phi) is 9.74. The zero-order valence-electron chi connectivity index (χ0n) is 20.3. The summed E-state index contributed by atoms with van der Waals surface area (Å²) in [5, 5.41) is 3.10. The molecule has 0 unspecified atom stereocenters. The van der Waals surface area contributed by atoms with Crippen molar-refractivity contribution in [3.63, 3.8) is 0 Å². The molecule has 35 heavy (non-hydrogen) atoms. The van der Waals surface area contributed by atoms with Crippen LogP contribution in [-0.2, 0) is 26.2 Å². The van der Waals surface area contributed by atoms with Gasteiger partial charge >= 0.3 is 0 Å². The predicted molar refractivity (Wildman–Crippen MR) is 142 cm³/mol. The van der Waals surface area contributed by atoms with Crippen molar-refractivity contribution in [2.75, 3.05) is 17.1 Å². The molecule has 1 aliphatic rings. The van der Waals surface area contributed by atoms with Crippen molar-refractivity contribution in [1.29, 1.82) is 0 Å². The van der Waals surface area contributed by atoms with Crippen molar-refractivity contribution in [2.24, 2.45) is 0 Å². The minimum absolute atomic E-state index is 0.135. The summed E-state index contributed by atoms with van der Waals surface area (Å²) in [5.41, 5.74) is 1.49. The highest BCUT2D eigenvalue weighted by Gasteiger charge is 2.28. The van der Waals surface area contributed by atoms with Crippen molar-refractivity contribution >= 4 is 43.5 Å². The summed E-state index contributed by atoms with van der Waals surface area (Å²) in [6.07, 6.45) is 5.81. The second-order valence-electron chi connectivity index (χ2n) is 9.09. The summed E-state index contributed by atoms with van der Waals surface area (Å²) in [7, 11) is -3.49. The first-order valence-electron chi connectivity index (χ1n) is 12.0. The molecule has 0 saturated heterocycles. The van der Waals surface area contributed by atoms with Gasteiger partial charge in [0.05, 0.1) is 11.9 Å². The van der Waals surface area contributed by atoms with Crippen LogP contribution in [0.5, 0.6) is 0 Å². The first-order chi connectivity index (χ1) is 16.6. The van der Waals surface area contributed by atoms with E-state index in [0.717, 1.165) is 42.0 Å². The van der Waals surface area contributed by atoms with Crippen molar-refractivity contribution < 1.29 is 18.0 Å². The van der Waals surface area contributed by atoms with Gasteiger partial charge in [-0.25, -0.2) is 8.42 Å². The average molecular weight is 565 g/mol. The maximum Gasteiger partial charge on any atom is 0.242 e. The Balaban J connectivity index is 1.69. The highest BCUT2D eigenvalue weighted by atomic mass is 79.9. The Morgan fingerprint density at radius 1 is 1.06 bits per heavy atom. The smallest absolute Gasteiger partial charge is 0.242 e. The molecule has 0 radical (unpaired) electrons. The number of anilines is 1. The SMILES string of the molecule is C[C@@H](C(=O)NC1CCCC1)N(Cc1ccc(Br)cc1)C(=O)CCCN(c1ccccc1)S(C)(=O)=O. The Morgan fingerprint density at radius 2 is 1.69 bits per heavy atom. The first-order valence-corrected chi connectivity index (χ1v) is 14.7. The normalized spacial score (nSPS) is 14.9. The maximum atomic E-state index is 13.3. The van der Waals surface area contributed by atoms with E-state index < -0.39 is 16.1 Å². The molecule has 0 aromatic heterocycles. The lowest BCUT2D eigenvalue weighted by atomic mass is 10.1. The molecule has 2 aromatic carbocycles. The number of nitrogens with one attached hydrogen (secondary N) is 1. The van der Waals surface area contributed by atoms with Crippen LogP contribution in [0.25, 0.3) is 0 Å². The standard InChI is InChI=1S/C26H34BrN3O4S/c1-20(26(32)28-23-9-6-7-10-23)29(19-21-14-16-22(27)17-15-21)25(31)13-8-18-30(35(2,33)34)24-11-4-3-5-12-24/h3-5,11-12,14-17,20,23H,6-10,13,18-19H2,1-2H3,(H,28,32)/t20-/m0/s1. The number of sulfonamides is 1. The molecule has 0 bridgehead atoms. The summed E-state index contributed by atoms with van der Waals surface area (Å²) in [6.45, 7) is 2.25. The van der Waals surface area contributed by atoms with E-state index in [4.69, 9.17) is 0 Å². The highest BCUT2D eigenvalue weighted by Crippen LogP contribution is 2.21.